The van der Waals surface area contributed by atoms with E-state index in [1.807, 2.05) is 24.5 Å². The molecule has 3 heterocycles. The van der Waals surface area contributed by atoms with Crippen molar-refractivity contribution >= 4 is 22.6 Å². The second kappa shape index (κ2) is 6.94. The van der Waals surface area contributed by atoms with E-state index in [0.29, 0.717) is 5.02 Å². The number of halogens is 1. The van der Waals surface area contributed by atoms with Crippen molar-refractivity contribution in [1.29, 1.82) is 0 Å². The molecule has 1 aromatic carbocycles. The Morgan fingerprint density at radius 3 is 3.16 bits per heavy atom. The summed E-state index contributed by atoms with van der Waals surface area (Å²) in [7, 11) is 0. The molecule has 25 heavy (non-hydrogen) atoms. The third kappa shape index (κ3) is 3.30. The number of aryl methyl sites for hydroxylation is 1. The van der Waals surface area contributed by atoms with Crippen LogP contribution in [0.3, 0.4) is 0 Å². The van der Waals surface area contributed by atoms with Crippen molar-refractivity contribution in [1.82, 2.24) is 14.9 Å². The Kier molecular flexibility index (Phi) is 4.51. The fourth-order valence-electron chi connectivity index (χ4n) is 3.35. The van der Waals surface area contributed by atoms with Crippen molar-refractivity contribution in [3.8, 4) is 11.1 Å². The summed E-state index contributed by atoms with van der Waals surface area (Å²) in [6, 6.07) is 5.74. The molecule has 0 bridgehead atoms. The first-order valence-electron chi connectivity index (χ1n) is 8.51. The number of hydrogen-bond donors (Lipinski definition) is 2. The summed E-state index contributed by atoms with van der Waals surface area (Å²) in [6.45, 7) is 1.71. The first-order valence-corrected chi connectivity index (χ1v) is 8.89. The van der Waals surface area contributed by atoms with Gasteiger partial charge in [-0.2, -0.15) is 0 Å². The average Bonchev–Trinajstić information content (AvgIpc) is 3.26. The molecule has 0 unspecified atom stereocenters. The highest BCUT2D eigenvalue weighted by atomic mass is 35.5. The molecule has 2 N–H and O–H groups in total. The molecule has 3 aromatic rings. The standard InChI is InChI=1S/C19H20ClN3O2/c20-14-9-15(13-5-8-25-11-13)19-17(10-14)22-12-23(19)7-2-3-16-18(24)4-1-6-21-16/h3,5,8-12,18,21,24H,1-2,4,6-7H2/b16-3+/t18-/m0/s1. The van der Waals surface area contributed by atoms with Gasteiger partial charge in [0.05, 0.1) is 36.0 Å². The number of aliphatic hydroxyl groups is 1. The van der Waals surface area contributed by atoms with Crippen LogP contribution in [0.5, 0.6) is 0 Å². The van der Waals surface area contributed by atoms with Crippen LogP contribution in [-0.2, 0) is 6.54 Å². The lowest BCUT2D eigenvalue weighted by atomic mass is 10.1. The first kappa shape index (κ1) is 16.2. The maximum Gasteiger partial charge on any atom is 0.0981 e. The van der Waals surface area contributed by atoms with Gasteiger partial charge in [0.2, 0.25) is 0 Å². The molecule has 1 aliphatic rings. The molecule has 130 valence electrons. The number of allylic oxidation sites excluding steroid dienone is 1. The quantitative estimate of drug-likeness (QED) is 0.741. The van der Waals surface area contributed by atoms with Crippen LogP contribution in [-0.4, -0.2) is 27.3 Å². The molecule has 4 rings (SSSR count). The van der Waals surface area contributed by atoms with Crippen LogP contribution in [0.2, 0.25) is 5.02 Å². The van der Waals surface area contributed by atoms with Gasteiger partial charge in [-0.1, -0.05) is 17.7 Å². The van der Waals surface area contributed by atoms with Crippen molar-refractivity contribution in [2.45, 2.75) is 31.9 Å². The third-order valence-electron chi connectivity index (χ3n) is 4.59. The normalized spacial score (nSPS) is 19.4. The van der Waals surface area contributed by atoms with Gasteiger partial charge in [-0.3, -0.25) is 0 Å². The minimum Gasteiger partial charge on any atom is -0.472 e. The highest BCUT2D eigenvalue weighted by molar-refractivity contribution is 6.31. The van der Waals surface area contributed by atoms with E-state index in [0.717, 1.165) is 60.2 Å². The van der Waals surface area contributed by atoms with Crippen molar-refractivity contribution in [2.24, 2.45) is 0 Å². The van der Waals surface area contributed by atoms with Crippen LogP contribution >= 0.6 is 11.6 Å². The molecular formula is C19H20ClN3O2. The average molecular weight is 358 g/mol. The predicted octanol–water partition coefficient (Wildman–Crippen LogP) is 3.97. The number of nitrogens with zero attached hydrogens (tertiary/aromatic N) is 2. The van der Waals surface area contributed by atoms with E-state index in [1.165, 1.54) is 0 Å². The van der Waals surface area contributed by atoms with E-state index in [9.17, 15) is 5.11 Å². The number of fused-ring (bicyclic) bond motifs is 1. The van der Waals surface area contributed by atoms with Gasteiger partial charge in [0.1, 0.15) is 0 Å². The fourth-order valence-corrected chi connectivity index (χ4v) is 3.56. The largest absolute Gasteiger partial charge is 0.472 e. The number of furan rings is 1. The summed E-state index contributed by atoms with van der Waals surface area (Å²) in [6.07, 6.45) is 9.59. The van der Waals surface area contributed by atoms with Gasteiger partial charge in [-0.05, 0) is 37.5 Å². The van der Waals surface area contributed by atoms with Crippen molar-refractivity contribution in [3.05, 3.63) is 53.8 Å². The molecule has 0 saturated carbocycles. The Bertz CT molecular complexity index is 899. The first-order chi connectivity index (χ1) is 12.2. The Morgan fingerprint density at radius 2 is 2.36 bits per heavy atom. The van der Waals surface area contributed by atoms with Gasteiger partial charge >= 0.3 is 0 Å². The monoisotopic (exact) mass is 357 g/mol. The number of benzene rings is 1. The Labute approximate surface area is 150 Å². The molecule has 1 aliphatic heterocycles. The van der Waals surface area contributed by atoms with Crippen LogP contribution in [0.15, 0.2) is 53.2 Å². The van der Waals surface area contributed by atoms with Crippen LogP contribution in [0.1, 0.15) is 19.3 Å². The Balaban J connectivity index is 1.63. The zero-order valence-corrected chi connectivity index (χ0v) is 14.5. The highest BCUT2D eigenvalue weighted by Crippen LogP contribution is 2.32. The molecule has 0 amide bonds. The number of hydrogen-bond acceptors (Lipinski definition) is 4. The number of nitrogens with one attached hydrogen (secondary N) is 1. The van der Waals surface area contributed by atoms with E-state index in [1.54, 1.807) is 12.5 Å². The summed E-state index contributed by atoms with van der Waals surface area (Å²) in [5.41, 5.74) is 4.84. The van der Waals surface area contributed by atoms with Gasteiger partial charge in [-0.15, -0.1) is 0 Å². The number of aromatic nitrogens is 2. The minimum absolute atomic E-state index is 0.367. The maximum atomic E-state index is 10.0. The molecule has 0 aliphatic carbocycles. The van der Waals surface area contributed by atoms with E-state index < -0.39 is 0 Å². The lowest BCUT2D eigenvalue weighted by Crippen LogP contribution is -2.31. The van der Waals surface area contributed by atoms with Gasteiger partial charge < -0.3 is 19.4 Å². The molecule has 1 fully saturated rings. The smallest absolute Gasteiger partial charge is 0.0981 e. The number of imidazole rings is 1. The SMILES string of the molecule is O[C@H]1CCCN/C1=C/CCn1cnc2cc(Cl)cc(-c3ccoc3)c21. The van der Waals surface area contributed by atoms with Crippen molar-refractivity contribution in [2.75, 3.05) is 6.54 Å². The lowest BCUT2D eigenvalue weighted by molar-refractivity contribution is 0.174. The Morgan fingerprint density at radius 1 is 1.44 bits per heavy atom. The molecule has 6 heteroatoms. The van der Waals surface area contributed by atoms with Gasteiger partial charge in [0, 0.05) is 34.9 Å². The fraction of sp³-hybridized carbons (Fsp3) is 0.316. The van der Waals surface area contributed by atoms with Gasteiger partial charge in [0.25, 0.3) is 0 Å². The molecular weight excluding hydrogens is 338 g/mol. The van der Waals surface area contributed by atoms with Gasteiger partial charge in [0.15, 0.2) is 0 Å². The molecule has 0 spiro atoms. The highest BCUT2D eigenvalue weighted by Gasteiger charge is 2.15. The summed E-state index contributed by atoms with van der Waals surface area (Å²) < 4.78 is 7.35. The molecule has 0 radical (unpaired) electrons. The summed E-state index contributed by atoms with van der Waals surface area (Å²) in [5, 5.41) is 14.0. The molecule has 1 saturated heterocycles. The predicted molar refractivity (Wildman–Crippen MR) is 98.4 cm³/mol. The van der Waals surface area contributed by atoms with E-state index >= 15 is 0 Å². The zero-order valence-electron chi connectivity index (χ0n) is 13.8. The minimum atomic E-state index is -0.367. The number of aliphatic hydroxyl groups excluding tert-OH is 1. The maximum absolute atomic E-state index is 10.0. The molecule has 2 aromatic heterocycles. The summed E-state index contributed by atoms with van der Waals surface area (Å²) in [4.78, 5) is 4.49. The zero-order chi connectivity index (χ0) is 17.2. The second-order valence-electron chi connectivity index (χ2n) is 6.30. The number of rotatable bonds is 4. The van der Waals surface area contributed by atoms with Crippen molar-refractivity contribution < 1.29 is 9.52 Å². The van der Waals surface area contributed by atoms with Crippen LogP contribution in [0.25, 0.3) is 22.2 Å². The molecule has 1 atom stereocenters. The van der Waals surface area contributed by atoms with E-state index in [-0.39, 0.29) is 6.10 Å². The summed E-state index contributed by atoms with van der Waals surface area (Å²) in [5.74, 6) is 0. The number of piperidine rings is 1. The van der Waals surface area contributed by atoms with Crippen LogP contribution in [0.4, 0.5) is 0 Å². The Hall–Kier alpha value is -2.24. The van der Waals surface area contributed by atoms with Crippen molar-refractivity contribution in [3.63, 3.8) is 0 Å². The topological polar surface area (TPSA) is 63.2 Å². The third-order valence-corrected chi connectivity index (χ3v) is 4.81. The lowest BCUT2D eigenvalue weighted by Gasteiger charge is -2.22. The van der Waals surface area contributed by atoms with Crippen LogP contribution in [0, 0.1) is 0 Å². The van der Waals surface area contributed by atoms with Gasteiger partial charge in [-0.25, -0.2) is 4.98 Å². The summed E-state index contributed by atoms with van der Waals surface area (Å²) >= 11 is 6.25. The molecule has 5 nitrogen and oxygen atoms in total. The van der Waals surface area contributed by atoms with E-state index in [4.69, 9.17) is 16.0 Å². The van der Waals surface area contributed by atoms with Crippen LogP contribution < -0.4 is 5.32 Å². The van der Waals surface area contributed by atoms with E-state index in [2.05, 4.69) is 20.9 Å². The second-order valence-corrected chi connectivity index (χ2v) is 6.74.